The van der Waals surface area contributed by atoms with Crippen LogP contribution in [0.5, 0.6) is 0 Å². The molecular formula is C15H14ClN3O2. The predicted octanol–water partition coefficient (Wildman–Crippen LogP) is 2.74. The summed E-state index contributed by atoms with van der Waals surface area (Å²) in [4.78, 5) is 27.4. The summed E-state index contributed by atoms with van der Waals surface area (Å²) >= 11 is 5.74. The molecule has 21 heavy (non-hydrogen) atoms. The van der Waals surface area contributed by atoms with Crippen molar-refractivity contribution < 1.29 is 9.59 Å². The highest BCUT2D eigenvalue weighted by Gasteiger charge is 2.08. The van der Waals surface area contributed by atoms with Gasteiger partial charge in [0.2, 0.25) is 0 Å². The Morgan fingerprint density at radius 3 is 2.43 bits per heavy atom. The smallest absolute Gasteiger partial charge is 0.255 e. The maximum atomic E-state index is 12.0. The van der Waals surface area contributed by atoms with Crippen LogP contribution in [0.1, 0.15) is 27.6 Å². The molecular weight excluding hydrogens is 290 g/mol. The zero-order valence-corrected chi connectivity index (χ0v) is 12.1. The second-order valence-electron chi connectivity index (χ2n) is 4.26. The number of rotatable bonds is 4. The maximum Gasteiger partial charge on any atom is 0.255 e. The van der Waals surface area contributed by atoms with Crippen LogP contribution in [-0.2, 0) is 0 Å². The monoisotopic (exact) mass is 303 g/mol. The fraction of sp³-hybridized carbons (Fsp3) is 0.133. The van der Waals surface area contributed by atoms with Crippen LogP contribution in [0.4, 0.5) is 5.69 Å². The molecule has 0 unspecified atom stereocenters. The average molecular weight is 304 g/mol. The standard InChI is InChI=1S/C15H14ClN3O2/c1-2-17-14(20)10-3-5-12(6-4-10)19-15(21)11-7-8-18-13(16)9-11/h3-9H,2H2,1H3,(H,17,20)(H,19,21). The number of nitrogens with zero attached hydrogens (tertiary/aromatic N) is 1. The van der Waals surface area contributed by atoms with Crippen LogP contribution in [0.2, 0.25) is 5.15 Å². The first-order chi connectivity index (χ1) is 10.1. The molecule has 1 aromatic heterocycles. The summed E-state index contributed by atoms with van der Waals surface area (Å²) in [5.41, 5.74) is 1.56. The van der Waals surface area contributed by atoms with Crippen molar-refractivity contribution in [1.29, 1.82) is 0 Å². The van der Waals surface area contributed by atoms with Gasteiger partial charge in [-0.15, -0.1) is 0 Å². The molecule has 1 heterocycles. The molecule has 0 saturated heterocycles. The van der Waals surface area contributed by atoms with Gasteiger partial charge in [0.1, 0.15) is 5.15 Å². The van der Waals surface area contributed by atoms with Crippen LogP contribution in [-0.4, -0.2) is 23.3 Å². The second-order valence-corrected chi connectivity index (χ2v) is 4.65. The van der Waals surface area contributed by atoms with Crippen LogP contribution >= 0.6 is 11.6 Å². The summed E-state index contributed by atoms with van der Waals surface area (Å²) in [6, 6.07) is 9.71. The van der Waals surface area contributed by atoms with Gasteiger partial charge in [-0.2, -0.15) is 0 Å². The van der Waals surface area contributed by atoms with E-state index in [0.717, 1.165) is 0 Å². The minimum absolute atomic E-state index is 0.142. The molecule has 0 atom stereocenters. The van der Waals surface area contributed by atoms with Crippen LogP contribution in [0, 0.1) is 0 Å². The molecule has 1 aromatic carbocycles. The van der Waals surface area contributed by atoms with Crippen LogP contribution in [0.25, 0.3) is 0 Å². The first kappa shape index (κ1) is 15.0. The third kappa shape index (κ3) is 4.03. The van der Waals surface area contributed by atoms with Crippen molar-refractivity contribution in [2.75, 3.05) is 11.9 Å². The van der Waals surface area contributed by atoms with E-state index in [1.807, 2.05) is 6.92 Å². The number of nitrogens with one attached hydrogen (secondary N) is 2. The molecule has 0 aliphatic carbocycles. The largest absolute Gasteiger partial charge is 0.352 e. The van der Waals surface area contributed by atoms with E-state index in [2.05, 4.69) is 15.6 Å². The SMILES string of the molecule is CCNC(=O)c1ccc(NC(=O)c2ccnc(Cl)c2)cc1. The molecule has 0 saturated carbocycles. The van der Waals surface area contributed by atoms with Crippen molar-refractivity contribution in [2.24, 2.45) is 0 Å². The Balaban J connectivity index is 2.06. The average Bonchev–Trinajstić information content (AvgIpc) is 2.48. The lowest BCUT2D eigenvalue weighted by Gasteiger charge is -2.07. The molecule has 0 spiro atoms. The Hall–Kier alpha value is -2.40. The van der Waals surface area contributed by atoms with E-state index in [0.29, 0.717) is 23.4 Å². The molecule has 6 heteroatoms. The Bertz CT molecular complexity index is 656. The minimum Gasteiger partial charge on any atom is -0.352 e. The van der Waals surface area contributed by atoms with Gasteiger partial charge in [0.15, 0.2) is 0 Å². The van der Waals surface area contributed by atoms with Gasteiger partial charge in [0, 0.05) is 29.6 Å². The zero-order chi connectivity index (χ0) is 15.2. The van der Waals surface area contributed by atoms with Gasteiger partial charge in [-0.25, -0.2) is 4.98 Å². The van der Waals surface area contributed by atoms with Crippen molar-refractivity contribution in [1.82, 2.24) is 10.3 Å². The van der Waals surface area contributed by atoms with E-state index in [9.17, 15) is 9.59 Å². The molecule has 2 amide bonds. The van der Waals surface area contributed by atoms with Crippen molar-refractivity contribution in [3.05, 3.63) is 58.9 Å². The third-order valence-electron chi connectivity index (χ3n) is 2.73. The normalized spacial score (nSPS) is 10.0. The number of aromatic nitrogens is 1. The summed E-state index contributed by atoms with van der Waals surface area (Å²) in [6.07, 6.45) is 1.47. The third-order valence-corrected chi connectivity index (χ3v) is 2.94. The molecule has 5 nitrogen and oxygen atoms in total. The van der Waals surface area contributed by atoms with Gasteiger partial charge >= 0.3 is 0 Å². The Morgan fingerprint density at radius 2 is 1.81 bits per heavy atom. The Kier molecular flexibility index (Phi) is 4.90. The summed E-state index contributed by atoms with van der Waals surface area (Å²) in [5, 5.41) is 5.69. The summed E-state index contributed by atoms with van der Waals surface area (Å²) < 4.78 is 0. The van der Waals surface area contributed by atoms with Crippen molar-refractivity contribution in [2.45, 2.75) is 6.92 Å². The van der Waals surface area contributed by atoms with Crippen molar-refractivity contribution in [3.8, 4) is 0 Å². The number of anilines is 1. The van der Waals surface area contributed by atoms with Gasteiger partial charge in [0.05, 0.1) is 0 Å². The fourth-order valence-corrected chi connectivity index (χ4v) is 1.89. The van der Waals surface area contributed by atoms with E-state index >= 15 is 0 Å². The maximum absolute atomic E-state index is 12.0. The van der Waals surface area contributed by atoms with Gasteiger partial charge in [-0.3, -0.25) is 9.59 Å². The lowest BCUT2D eigenvalue weighted by molar-refractivity contribution is 0.0955. The number of hydrogen-bond acceptors (Lipinski definition) is 3. The minimum atomic E-state index is -0.287. The fourth-order valence-electron chi connectivity index (χ4n) is 1.71. The quantitative estimate of drug-likeness (QED) is 0.853. The van der Waals surface area contributed by atoms with E-state index in [-0.39, 0.29) is 17.0 Å². The predicted molar refractivity (Wildman–Crippen MR) is 81.6 cm³/mol. The van der Waals surface area contributed by atoms with Gasteiger partial charge in [-0.05, 0) is 43.3 Å². The van der Waals surface area contributed by atoms with Crippen molar-refractivity contribution >= 4 is 29.1 Å². The summed E-state index contributed by atoms with van der Waals surface area (Å²) in [5.74, 6) is -0.429. The Morgan fingerprint density at radius 1 is 1.10 bits per heavy atom. The number of halogens is 1. The number of amides is 2. The van der Waals surface area contributed by atoms with Crippen LogP contribution in [0.3, 0.4) is 0 Å². The lowest BCUT2D eigenvalue weighted by atomic mass is 10.2. The second kappa shape index (κ2) is 6.85. The molecule has 0 aliphatic rings. The van der Waals surface area contributed by atoms with Gasteiger partial charge < -0.3 is 10.6 Å². The first-order valence-electron chi connectivity index (χ1n) is 6.41. The highest BCUT2D eigenvalue weighted by molar-refractivity contribution is 6.29. The van der Waals surface area contributed by atoms with E-state index in [4.69, 9.17) is 11.6 Å². The Labute approximate surface area is 127 Å². The molecule has 0 fully saturated rings. The molecule has 0 bridgehead atoms. The zero-order valence-electron chi connectivity index (χ0n) is 11.4. The highest BCUT2D eigenvalue weighted by Crippen LogP contribution is 2.13. The summed E-state index contributed by atoms with van der Waals surface area (Å²) in [7, 11) is 0. The molecule has 2 aromatic rings. The van der Waals surface area contributed by atoms with E-state index in [1.165, 1.54) is 12.3 Å². The lowest BCUT2D eigenvalue weighted by Crippen LogP contribution is -2.22. The number of benzene rings is 1. The molecule has 0 radical (unpaired) electrons. The molecule has 0 aliphatic heterocycles. The number of carbonyl (C=O) groups excluding carboxylic acids is 2. The van der Waals surface area contributed by atoms with Gasteiger partial charge in [-0.1, -0.05) is 11.6 Å². The molecule has 2 rings (SSSR count). The highest BCUT2D eigenvalue weighted by atomic mass is 35.5. The van der Waals surface area contributed by atoms with E-state index < -0.39 is 0 Å². The molecule has 2 N–H and O–H groups in total. The number of carbonyl (C=O) groups is 2. The van der Waals surface area contributed by atoms with Crippen molar-refractivity contribution in [3.63, 3.8) is 0 Å². The van der Waals surface area contributed by atoms with Crippen LogP contribution in [0.15, 0.2) is 42.6 Å². The molecule has 108 valence electrons. The number of pyridine rings is 1. The van der Waals surface area contributed by atoms with Gasteiger partial charge in [0.25, 0.3) is 11.8 Å². The first-order valence-corrected chi connectivity index (χ1v) is 6.79. The topological polar surface area (TPSA) is 71.1 Å². The van der Waals surface area contributed by atoms with E-state index in [1.54, 1.807) is 30.3 Å². The van der Waals surface area contributed by atoms with Crippen LogP contribution < -0.4 is 10.6 Å². The summed E-state index contributed by atoms with van der Waals surface area (Å²) in [6.45, 7) is 2.42. The number of hydrogen-bond donors (Lipinski definition) is 2.